The third-order valence-corrected chi connectivity index (χ3v) is 9.49. The monoisotopic (exact) mass is 516 g/mol. The Morgan fingerprint density at radius 3 is 2.51 bits per heavy atom. The van der Waals surface area contributed by atoms with Gasteiger partial charge in [-0.05, 0) is 97.0 Å². The van der Waals surface area contributed by atoms with E-state index in [0.29, 0.717) is 37.7 Å². The predicted octanol–water partition coefficient (Wildman–Crippen LogP) is 5.04. The zero-order valence-electron chi connectivity index (χ0n) is 23.6. The topological polar surface area (TPSA) is 96.2 Å². The summed E-state index contributed by atoms with van der Waals surface area (Å²) >= 11 is 0. The average Bonchev–Trinajstić information content (AvgIpc) is 3.35. The lowest BCUT2D eigenvalue weighted by atomic mass is 9.53. The van der Waals surface area contributed by atoms with E-state index in [9.17, 15) is 20.1 Å². The van der Waals surface area contributed by atoms with Crippen molar-refractivity contribution in [1.29, 1.82) is 0 Å². The second-order valence-corrected chi connectivity index (χ2v) is 12.1. The van der Waals surface area contributed by atoms with E-state index in [1.165, 1.54) is 0 Å². The highest BCUT2D eigenvalue weighted by Crippen LogP contribution is 2.61. The van der Waals surface area contributed by atoms with Crippen LogP contribution in [0, 0.1) is 23.2 Å². The van der Waals surface area contributed by atoms with Crippen LogP contribution in [0.25, 0.3) is 0 Å². The molecule has 0 bridgehead atoms. The Labute approximate surface area is 223 Å². The van der Waals surface area contributed by atoms with Gasteiger partial charge in [0.15, 0.2) is 6.29 Å². The van der Waals surface area contributed by atoms with E-state index in [-0.39, 0.29) is 30.5 Å². The van der Waals surface area contributed by atoms with Crippen LogP contribution < -0.4 is 0 Å². The van der Waals surface area contributed by atoms with Gasteiger partial charge in [-0.15, -0.1) is 0 Å². The number of hydrogen-bond donors (Lipinski definition) is 3. The van der Waals surface area contributed by atoms with Crippen LogP contribution in [0.3, 0.4) is 0 Å². The van der Waals surface area contributed by atoms with Gasteiger partial charge in [-0.25, -0.2) is 0 Å². The van der Waals surface area contributed by atoms with E-state index in [1.54, 1.807) is 7.11 Å². The summed E-state index contributed by atoms with van der Waals surface area (Å²) < 4.78 is 12.3. The van der Waals surface area contributed by atoms with E-state index >= 15 is 0 Å². The van der Waals surface area contributed by atoms with E-state index in [4.69, 9.17) is 9.47 Å². The quantitative estimate of drug-likeness (QED) is 0.172. The van der Waals surface area contributed by atoms with Crippen molar-refractivity contribution in [2.45, 2.75) is 103 Å². The molecule has 3 N–H and O–H groups in total. The molecule has 0 radical (unpaired) electrons. The molecule has 6 nitrogen and oxygen atoms in total. The molecule has 208 valence electrons. The van der Waals surface area contributed by atoms with Crippen LogP contribution in [0.2, 0.25) is 0 Å². The van der Waals surface area contributed by atoms with E-state index in [0.717, 1.165) is 35.8 Å². The first-order valence-corrected chi connectivity index (χ1v) is 13.7. The number of rotatable bonds is 9. The maximum atomic E-state index is 11.8. The number of aliphatic hydroxyl groups is 3. The van der Waals surface area contributed by atoms with Gasteiger partial charge in [-0.2, -0.15) is 0 Å². The van der Waals surface area contributed by atoms with Gasteiger partial charge in [-0.3, -0.25) is 4.79 Å². The SMILES string of the molecule is C=C(C)[C@H]1CC[C@@](C)(O)[C@@H]1/C=C/C(C)=C/[C@@H]1C[C@@]2([C@H](OC)O1)[C@H](CCCO)/C(=C(\C)C=O)CC[C@]2(C)O. The molecule has 1 heterocycles. The third-order valence-electron chi connectivity index (χ3n) is 9.49. The first kappa shape index (κ1) is 30.0. The highest BCUT2D eigenvalue weighted by Gasteiger charge is 2.64. The van der Waals surface area contributed by atoms with Crippen LogP contribution >= 0.6 is 0 Å². The van der Waals surface area contributed by atoms with Crippen molar-refractivity contribution in [1.82, 2.24) is 0 Å². The Kier molecular flexibility index (Phi) is 9.45. The van der Waals surface area contributed by atoms with Gasteiger partial charge >= 0.3 is 0 Å². The lowest BCUT2D eigenvalue weighted by Gasteiger charge is -2.54. The summed E-state index contributed by atoms with van der Waals surface area (Å²) in [5, 5.41) is 32.3. The largest absolute Gasteiger partial charge is 0.396 e. The molecule has 3 fully saturated rings. The van der Waals surface area contributed by atoms with E-state index in [2.05, 4.69) is 24.8 Å². The fourth-order valence-electron chi connectivity index (χ4n) is 7.37. The van der Waals surface area contributed by atoms with Crippen molar-refractivity contribution in [2.75, 3.05) is 13.7 Å². The van der Waals surface area contributed by atoms with Gasteiger partial charge < -0.3 is 24.8 Å². The third kappa shape index (κ3) is 5.74. The standard InChI is InChI=1S/C31H48O6/c1-20(2)24-12-14-29(5,34)26(24)11-10-21(3)17-23-18-31(28(36-7)37-23)27(9-8-16-32)25(22(4)19-33)13-15-30(31,6)35/h10-11,17,19,23-24,26-28,32,34-35H,1,8-9,12-16,18H2,2-7H3/b11-10+,21-17+,25-22+/t23-,24-,26-,27-,28-,29-,30+,31+/m1/s1. The summed E-state index contributed by atoms with van der Waals surface area (Å²) in [4.78, 5) is 11.8. The van der Waals surface area contributed by atoms with Crippen molar-refractivity contribution in [3.8, 4) is 0 Å². The number of allylic oxidation sites excluding steroid dienone is 5. The first-order valence-electron chi connectivity index (χ1n) is 13.7. The fraction of sp³-hybridized carbons (Fsp3) is 0.710. The number of aldehydes is 1. The van der Waals surface area contributed by atoms with Crippen LogP contribution in [0.5, 0.6) is 0 Å². The average molecular weight is 517 g/mol. The summed E-state index contributed by atoms with van der Waals surface area (Å²) in [7, 11) is 1.61. The zero-order chi connectivity index (χ0) is 27.6. The second-order valence-electron chi connectivity index (χ2n) is 12.1. The molecule has 2 saturated carbocycles. The van der Waals surface area contributed by atoms with Gasteiger partial charge in [0.2, 0.25) is 0 Å². The molecule has 8 atom stereocenters. The van der Waals surface area contributed by atoms with Gasteiger partial charge in [0, 0.05) is 19.6 Å². The summed E-state index contributed by atoms with van der Waals surface area (Å²) in [6, 6.07) is 0. The number of methoxy groups -OCH3 is 1. The molecular weight excluding hydrogens is 468 g/mol. The highest BCUT2D eigenvalue weighted by molar-refractivity contribution is 5.74. The maximum Gasteiger partial charge on any atom is 0.166 e. The van der Waals surface area contributed by atoms with Crippen molar-refractivity contribution in [3.05, 3.63) is 47.1 Å². The van der Waals surface area contributed by atoms with Gasteiger partial charge in [0.25, 0.3) is 0 Å². The Balaban J connectivity index is 1.94. The smallest absolute Gasteiger partial charge is 0.166 e. The minimum atomic E-state index is -1.07. The summed E-state index contributed by atoms with van der Waals surface area (Å²) in [6.07, 6.45) is 10.8. The molecule has 0 unspecified atom stereocenters. The molecule has 37 heavy (non-hydrogen) atoms. The predicted molar refractivity (Wildman–Crippen MR) is 146 cm³/mol. The van der Waals surface area contributed by atoms with Crippen LogP contribution in [0.1, 0.15) is 79.6 Å². The number of carbonyl (C=O) groups is 1. The normalized spacial score (nSPS) is 42.1. The van der Waals surface area contributed by atoms with Crippen molar-refractivity contribution >= 4 is 6.29 Å². The van der Waals surface area contributed by atoms with Crippen molar-refractivity contribution < 1.29 is 29.6 Å². The number of ether oxygens (including phenoxy) is 2. The van der Waals surface area contributed by atoms with Gasteiger partial charge in [0.1, 0.15) is 6.29 Å². The fourth-order valence-corrected chi connectivity index (χ4v) is 7.37. The molecule has 3 aliphatic rings. The van der Waals surface area contributed by atoms with Crippen LogP contribution in [-0.2, 0) is 14.3 Å². The minimum absolute atomic E-state index is 0.0110. The Hall–Kier alpha value is -1.57. The Morgan fingerprint density at radius 2 is 1.92 bits per heavy atom. The highest BCUT2D eigenvalue weighted by atomic mass is 16.7. The molecule has 0 amide bonds. The second kappa shape index (κ2) is 11.7. The molecule has 0 aromatic heterocycles. The molecular formula is C31H48O6. The van der Waals surface area contributed by atoms with E-state index < -0.39 is 22.9 Å². The molecule has 0 aromatic carbocycles. The first-order chi connectivity index (χ1) is 17.3. The number of hydrogen-bond acceptors (Lipinski definition) is 6. The molecule has 6 heteroatoms. The van der Waals surface area contributed by atoms with Gasteiger partial charge in [-0.1, -0.05) is 41.5 Å². The summed E-state index contributed by atoms with van der Waals surface area (Å²) in [6.45, 7) is 13.8. The lowest BCUT2D eigenvalue weighted by molar-refractivity contribution is -0.231. The van der Waals surface area contributed by atoms with Crippen LogP contribution in [0.15, 0.2) is 47.1 Å². The maximum absolute atomic E-state index is 11.8. The summed E-state index contributed by atoms with van der Waals surface area (Å²) in [5.41, 5.74) is 1.28. The van der Waals surface area contributed by atoms with Crippen molar-refractivity contribution in [2.24, 2.45) is 23.2 Å². The van der Waals surface area contributed by atoms with Crippen molar-refractivity contribution in [3.63, 3.8) is 0 Å². The number of carbonyl (C=O) groups excluding carboxylic acids is 1. The van der Waals surface area contributed by atoms with Crippen LogP contribution in [0.4, 0.5) is 0 Å². The molecule has 1 spiro atoms. The lowest BCUT2D eigenvalue weighted by Crippen LogP contribution is -2.59. The molecule has 1 aliphatic heterocycles. The molecule has 2 aliphatic carbocycles. The molecule has 3 rings (SSSR count). The Bertz CT molecular complexity index is 941. The number of aliphatic hydroxyl groups excluding tert-OH is 1. The minimum Gasteiger partial charge on any atom is -0.396 e. The van der Waals surface area contributed by atoms with Crippen LogP contribution in [-0.4, -0.2) is 58.9 Å². The van der Waals surface area contributed by atoms with E-state index in [1.807, 2.05) is 34.6 Å². The summed E-state index contributed by atoms with van der Waals surface area (Å²) in [5.74, 6) is 0.133. The molecule has 1 saturated heterocycles. The molecule has 0 aromatic rings. The Morgan fingerprint density at radius 1 is 1.22 bits per heavy atom. The zero-order valence-corrected chi connectivity index (χ0v) is 23.6. The van der Waals surface area contributed by atoms with Gasteiger partial charge in [0.05, 0.1) is 22.7 Å².